The smallest absolute Gasteiger partial charge is 0.241 e. The molecule has 0 atom stereocenters. The summed E-state index contributed by atoms with van der Waals surface area (Å²) in [5.74, 6) is 0. The van der Waals surface area contributed by atoms with E-state index in [1.165, 1.54) is 4.88 Å². The van der Waals surface area contributed by atoms with Gasteiger partial charge in [-0.05, 0) is 37.2 Å². The van der Waals surface area contributed by atoms with Crippen molar-refractivity contribution in [1.82, 2.24) is 0 Å². The highest BCUT2D eigenvalue weighted by Crippen LogP contribution is 2.11. The molecule has 0 radical (unpaired) electrons. The molecule has 0 saturated heterocycles. The zero-order valence-corrected chi connectivity index (χ0v) is 9.52. The summed E-state index contributed by atoms with van der Waals surface area (Å²) in [6.07, 6.45) is 3.83. The van der Waals surface area contributed by atoms with Crippen molar-refractivity contribution in [3.05, 3.63) is 28.7 Å². The van der Waals surface area contributed by atoms with E-state index in [-0.39, 0.29) is 0 Å². The number of thiophene rings is 1. The Bertz CT molecular complexity index is 246. The quantitative estimate of drug-likeness (QED) is 0.533. The Morgan fingerprint density at radius 1 is 1.42 bits per heavy atom. The molecule has 66 valence electrons. The highest BCUT2D eigenvalue weighted by molar-refractivity contribution is 7.10. The van der Waals surface area contributed by atoms with Crippen LogP contribution in [0.25, 0.3) is 6.08 Å². The standard InChI is InChI=1S/C9H14OSSi/c1-12(2,3)10-7-6-9-5-4-8-11-9/h4-8H,1-3H3. The molecule has 1 rings (SSSR count). The lowest BCUT2D eigenvalue weighted by Crippen LogP contribution is -2.21. The van der Waals surface area contributed by atoms with Gasteiger partial charge in [0.15, 0.2) is 0 Å². The average molecular weight is 198 g/mol. The van der Waals surface area contributed by atoms with Crippen LogP contribution < -0.4 is 0 Å². The normalized spacial score (nSPS) is 12.2. The van der Waals surface area contributed by atoms with E-state index < -0.39 is 8.32 Å². The molecule has 0 fully saturated rings. The molecule has 1 aromatic heterocycles. The van der Waals surface area contributed by atoms with Gasteiger partial charge >= 0.3 is 0 Å². The summed E-state index contributed by atoms with van der Waals surface area (Å²) in [4.78, 5) is 1.24. The van der Waals surface area contributed by atoms with Crippen molar-refractivity contribution >= 4 is 25.7 Å². The molecular formula is C9H14OSSi. The van der Waals surface area contributed by atoms with Crippen LogP contribution in [0.1, 0.15) is 4.88 Å². The monoisotopic (exact) mass is 198 g/mol. The Morgan fingerprint density at radius 2 is 2.17 bits per heavy atom. The Labute approximate surface area is 78.8 Å². The van der Waals surface area contributed by atoms with Crippen LogP contribution in [0.15, 0.2) is 23.8 Å². The fraction of sp³-hybridized carbons (Fsp3) is 0.333. The topological polar surface area (TPSA) is 9.23 Å². The van der Waals surface area contributed by atoms with Gasteiger partial charge < -0.3 is 4.43 Å². The molecule has 0 aromatic carbocycles. The van der Waals surface area contributed by atoms with Gasteiger partial charge in [-0.15, -0.1) is 11.3 Å². The van der Waals surface area contributed by atoms with E-state index in [0.717, 1.165) is 0 Å². The molecule has 0 aliphatic rings. The lowest BCUT2D eigenvalue weighted by Gasteiger charge is -2.14. The van der Waals surface area contributed by atoms with Gasteiger partial charge in [0.1, 0.15) is 0 Å². The van der Waals surface area contributed by atoms with E-state index in [1.807, 2.05) is 18.4 Å². The zero-order chi connectivity index (χ0) is 9.03. The zero-order valence-electron chi connectivity index (χ0n) is 7.70. The molecular weight excluding hydrogens is 184 g/mol. The first-order valence-corrected chi connectivity index (χ1v) is 8.24. The summed E-state index contributed by atoms with van der Waals surface area (Å²) in [5, 5.41) is 2.06. The second kappa shape index (κ2) is 3.91. The Balaban J connectivity index is 2.42. The lowest BCUT2D eigenvalue weighted by molar-refractivity contribution is 0.484. The Hall–Kier alpha value is -0.543. The molecule has 0 aliphatic carbocycles. The molecule has 0 spiro atoms. The van der Waals surface area contributed by atoms with Crippen LogP contribution in [-0.4, -0.2) is 8.32 Å². The summed E-state index contributed by atoms with van der Waals surface area (Å²) in [6, 6.07) is 4.12. The van der Waals surface area contributed by atoms with E-state index in [9.17, 15) is 0 Å². The molecule has 0 N–H and O–H groups in total. The third kappa shape index (κ3) is 3.73. The fourth-order valence-corrected chi connectivity index (χ4v) is 1.77. The van der Waals surface area contributed by atoms with E-state index in [4.69, 9.17) is 4.43 Å². The van der Waals surface area contributed by atoms with E-state index in [0.29, 0.717) is 0 Å². The molecule has 0 aliphatic heterocycles. The van der Waals surface area contributed by atoms with Crippen molar-refractivity contribution in [2.45, 2.75) is 19.6 Å². The van der Waals surface area contributed by atoms with Gasteiger partial charge in [0.05, 0.1) is 6.26 Å². The largest absolute Gasteiger partial charge is 0.550 e. The molecule has 1 nitrogen and oxygen atoms in total. The predicted molar refractivity (Wildman–Crippen MR) is 57.8 cm³/mol. The van der Waals surface area contributed by atoms with Crippen molar-refractivity contribution in [2.24, 2.45) is 0 Å². The van der Waals surface area contributed by atoms with Crippen molar-refractivity contribution < 1.29 is 4.43 Å². The second-order valence-electron chi connectivity index (χ2n) is 3.55. The van der Waals surface area contributed by atoms with Gasteiger partial charge in [-0.1, -0.05) is 6.07 Å². The van der Waals surface area contributed by atoms with E-state index in [2.05, 4.69) is 31.1 Å². The highest BCUT2D eigenvalue weighted by Gasteiger charge is 2.12. The van der Waals surface area contributed by atoms with Gasteiger partial charge in [0.25, 0.3) is 0 Å². The van der Waals surface area contributed by atoms with Gasteiger partial charge in [-0.2, -0.15) is 0 Å². The third-order valence-corrected chi connectivity index (χ3v) is 2.88. The highest BCUT2D eigenvalue weighted by atomic mass is 32.1. The van der Waals surface area contributed by atoms with Crippen LogP contribution in [0.4, 0.5) is 0 Å². The first kappa shape index (κ1) is 9.54. The van der Waals surface area contributed by atoms with Gasteiger partial charge in [-0.25, -0.2) is 0 Å². The van der Waals surface area contributed by atoms with Gasteiger partial charge in [0, 0.05) is 4.88 Å². The van der Waals surface area contributed by atoms with Crippen molar-refractivity contribution in [3.63, 3.8) is 0 Å². The SMILES string of the molecule is C[Si](C)(C)OC=Cc1cccs1. The Kier molecular flexibility index (Phi) is 3.11. The summed E-state index contributed by atoms with van der Waals surface area (Å²) >= 11 is 1.72. The molecule has 0 saturated carbocycles. The van der Waals surface area contributed by atoms with Crippen molar-refractivity contribution in [3.8, 4) is 0 Å². The molecule has 0 unspecified atom stereocenters. The van der Waals surface area contributed by atoms with Crippen LogP contribution in [0.3, 0.4) is 0 Å². The average Bonchev–Trinajstić information content (AvgIpc) is 2.36. The molecule has 0 bridgehead atoms. The van der Waals surface area contributed by atoms with Crippen molar-refractivity contribution in [2.75, 3.05) is 0 Å². The van der Waals surface area contributed by atoms with Gasteiger partial charge in [-0.3, -0.25) is 0 Å². The maximum absolute atomic E-state index is 5.57. The molecule has 0 amide bonds. The first-order valence-electron chi connectivity index (χ1n) is 3.96. The van der Waals surface area contributed by atoms with Crippen LogP contribution >= 0.6 is 11.3 Å². The summed E-state index contributed by atoms with van der Waals surface area (Å²) in [6.45, 7) is 6.52. The third-order valence-electron chi connectivity index (χ3n) is 1.20. The van der Waals surface area contributed by atoms with Crippen LogP contribution in [-0.2, 0) is 4.43 Å². The van der Waals surface area contributed by atoms with Crippen molar-refractivity contribution in [1.29, 1.82) is 0 Å². The second-order valence-corrected chi connectivity index (χ2v) is 8.99. The summed E-state index contributed by atoms with van der Waals surface area (Å²) < 4.78 is 5.57. The molecule has 3 heteroatoms. The van der Waals surface area contributed by atoms with E-state index >= 15 is 0 Å². The number of hydrogen-bond acceptors (Lipinski definition) is 2. The minimum absolute atomic E-state index is 1.24. The van der Waals surface area contributed by atoms with Crippen LogP contribution in [0.2, 0.25) is 19.6 Å². The lowest BCUT2D eigenvalue weighted by atomic mass is 10.5. The first-order chi connectivity index (χ1) is 5.58. The minimum Gasteiger partial charge on any atom is -0.550 e. The number of hydrogen-bond donors (Lipinski definition) is 0. The molecule has 12 heavy (non-hydrogen) atoms. The molecule has 1 heterocycles. The minimum atomic E-state index is -1.37. The Morgan fingerprint density at radius 3 is 2.67 bits per heavy atom. The van der Waals surface area contributed by atoms with Gasteiger partial charge in [0.2, 0.25) is 8.32 Å². The fourth-order valence-electron chi connectivity index (χ4n) is 0.691. The summed E-state index contributed by atoms with van der Waals surface area (Å²) in [5.41, 5.74) is 0. The molecule has 1 aromatic rings. The maximum atomic E-state index is 5.57. The summed E-state index contributed by atoms with van der Waals surface area (Å²) in [7, 11) is -1.37. The van der Waals surface area contributed by atoms with E-state index in [1.54, 1.807) is 11.3 Å². The van der Waals surface area contributed by atoms with Crippen LogP contribution in [0.5, 0.6) is 0 Å². The maximum Gasteiger partial charge on any atom is 0.241 e. The number of rotatable bonds is 3. The van der Waals surface area contributed by atoms with Crippen LogP contribution in [0, 0.1) is 0 Å². The predicted octanol–water partition coefficient (Wildman–Crippen LogP) is 3.57.